The van der Waals surface area contributed by atoms with Crippen molar-refractivity contribution in [1.82, 2.24) is 9.80 Å². The zero-order valence-electron chi connectivity index (χ0n) is 21.1. The summed E-state index contributed by atoms with van der Waals surface area (Å²) in [7, 11) is 0. The van der Waals surface area contributed by atoms with Gasteiger partial charge in [0.1, 0.15) is 12.6 Å². The second kappa shape index (κ2) is 10.4. The van der Waals surface area contributed by atoms with Crippen molar-refractivity contribution in [3.63, 3.8) is 0 Å². The van der Waals surface area contributed by atoms with E-state index < -0.39 is 39.4 Å². The Hall–Kier alpha value is -2.58. The number of amides is 2. The smallest absolute Gasteiger partial charge is 0.311 e. The molecule has 3 aliphatic rings. The predicted molar refractivity (Wildman–Crippen MR) is 140 cm³/mol. The van der Waals surface area contributed by atoms with Crippen molar-refractivity contribution >= 4 is 29.5 Å². The van der Waals surface area contributed by atoms with Crippen LogP contribution < -0.4 is 0 Å². The maximum Gasteiger partial charge on any atom is 0.311 e. The van der Waals surface area contributed by atoms with E-state index >= 15 is 0 Å². The highest BCUT2D eigenvalue weighted by atomic mass is 32.2. The minimum atomic E-state index is -0.778. The lowest BCUT2D eigenvalue weighted by atomic mass is 9.66. The minimum Gasteiger partial charge on any atom is -0.461 e. The average molecular weight is 513 g/mol. The lowest BCUT2D eigenvalue weighted by Crippen LogP contribution is -2.57. The number of aliphatic hydroxyl groups is 1. The van der Waals surface area contributed by atoms with E-state index in [2.05, 4.69) is 13.2 Å². The number of hydrogen-bond acceptors (Lipinski definition) is 6. The van der Waals surface area contributed by atoms with Gasteiger partial charge in [-0.05, 0) is 31.7 Å². The summed E-state index contributed by atoms with van der Waals surface area (Å²) in [4.78, 5) is 45.0. The van der Waals surface area contributed by atoms with Gasteiger partial charge in [-0.25, -0.2) is 0 Å². The number of likely N-dealkylation sites (tertiary alicyclic amines) is 1. The monoisotopic (exact) mass is 512 g/mol. The number of hydrogen-bond donors (Lipinski definition) is 1. The number of ether oxygens (including phenoxy) is 1. The molecular weight excluding hydrogens is 476 g/mol. The van der Waals surface area contributed by atoms with Gasteiger partial charge in [0.2, 0.25) is 11.8 Å². The summed E-state index contributed by atoms with van der Waals surface area (Å²) in [6, 6.07) is 8.43. The van der Waals surface area contributed by atoms with E-state index in [0.29, 0.717) is 32.4 Å². The highest BCUT2D eigenvalue weighted by Crippen LogP contribution is 2.71. The van der Waals surface area contributed by atoms with Crippen LogP contribution in [0.3, 0.4) is 0 Å². The summed E-state index contributed by atoms with van der Waals surface area (Å²) in [6.07, 6.45) is 5.07. The van der Waals surface area contributed by atoms with Crippen LogP contribution in [-0.2, 0) is 25.7 Å². The first-order chi connectivity index (χ1) is 17.3. The Balaban J connectivity index is 1.77. The maximum atomic E-state index is 14.4. The first-order valence-corrected chi connectivity index (χ1v) is 13.4. The molecule has 2 unspecified atom stereocenters. The molecule has 0 radical (unpaired) electrons. The third-order valence-electron chi connectivity index (χ3n) is 8.00. The highest BCUT2D eigenvalue weighted by molar-refractivity contribution is 8.02. The van der Waals surface area contributed by atoms with E-state index in [1.807, 2.05) is 44.2 Å². The molecule has 7 nitrogen and oxygen atoms in total. The van der Waals surface area contributed by atoms with Crippen molar-refractivity contribution in [2.75, 3.05) is 19.8 Å². The normalized spacial score (nSPS) is 31.1. The number of rotatable bonds is 11. The standard InChI is InChI=1S/C28H36N2O5S/c1-5-15-29(17-19-11-9-8-10-12-19)25(33)23-28-14-13-27(4,36-28)22(26(34)35-16-6-2)21(28)24(32)30(23)20(7-3)18-31/h5-6,8-12,20-23,31H,1-2,7,13-18H2,3-4H3/t20-,21-,22+,23?,27-,28?/m0/s1. The van der Waals surface area contributed by atoms with Crippen LogP contribution in [0.15, 0.2) is 55.6 Å². The van der Waals surface area contributed by atoms with Crippen molar-refractivity contribution in [1.29, 1.82) is 0 Å². The summed E-state index contributed by atoms with van der Waals surface area (Å²) in [5.41, 5.74) is 0.980. The van der Waals surface area contributed by atoms with Crippen LogP contribution in [0, 0.1) is 11.8 Å². The molecule has 4 rings (SSSR count). The average Bonchev–Trinajstić information content (AvgIpc) is 3.44. The lowest BCUT2D eigenvalue weighted by molar-refractivity contribution is -0.155. The number of aliphatic hydroxyl groups excluding tert-OH is 1. The second-order valence-corrected chi connectivity index (χ2v) is 12.0. The van der Waals surface area contributed by atoms with Crippen LogP contribution in [0.4, 0.5) is 0 Å². The van der Waals surface area contributed by atoms with Gasteiger partial charge >= 0.3 is 5.97 Å². The Labute approximate surface area is 217 Å². The van der Waals surface area contributed by atoms with Crippen molar-refractivity contribution < 1.29 is 24.2 Å². The molecule has 1 spiro atoms. The Morgan fingerprint density at radius 3 is 2.61 bits per heavy atom. The first kappa shape index (κ1) is 26.5. The summed E-state index contributed by atoms with van der Waals surface area (Å²) in [5, 5.41) is 10.2. The van der Waals surface area contributed by atoms with E-state index in [4.69, 9.17) is 4.74 Å². The van der Waals surface area contributed by atoms with E-state index in [9.17, 15) is 19.5 Å². The van der Waals surface area contributed by atoms with E-state index in [1.54, 1.807) is 27.6 Å². The molecule has 0 saturated carbocycles. The van der Waals surface area contributed by atoms with Gasteiger partial charge < -0.3 is 19.6 Å². The molecule has 8 heteroatoms. The molecule has 6 atom stereocenters. The van der Waals surface area contributed by atoms with Crippen molar-refractivity contribution in [3.8, 4) is 0 Å². The Morgan fingerprint density at radius 1 is 1.28 bits per heavy atom. The van der Waals surface area contributed by atoms with E-state index in [1.165, 1.54) is 6.08 Å². The van der Waals surface area contributed by atoms with Crippen LogP contribution in [0.2, 0.25) is 0 Å². The molecule has 3 fully saturated rings. The minimum absolute atomic E-state index is 0.0779. The number of carbonyl (C=O) groups excluding carboxylic acids is 3. The van der Waals surface area contributed by atoms with Gasteiger partial charge in [-0.3, -0.25) is 14.4 Å². The first-order valence-electron chi connectivity index (χ1n) is 12.6. The summed E-state index contributed by atoms with van der Waals surface area (Å²) >= 11 is 1.60. The van der Waals surface area contributed by atoms with Gasteiger partial charge in [0.05, 0.1) is 29.2 Å². The largest absolute Gasteiger partial charge is 0.461 e. The molecule has 0 aliphatic carbocycles. The third kappa shape index (κ3) is 4.18. The van der Waals surface area contributed by atoms with Crippen molar-refractivity contribution in [2.45, 2.75) is 61.2 Å². The fourth-order valence-corrected chi connectivity index (χ4v) is 8.73. The zero-order valence-corrected chi connectivity index (χ0v) is 21.9. The molecule has 0 aromatic heterocycles. The van der Waals surface area contributed by atoms with Gasteiger partial charge in [0.15, 0.2) is 0 Å². The van der Waals surface area contributed by atoms with Crippen LogP contribution in [0.25, 0.3) is 0 Å². The molecule has 3 aliphatic heterocycles. The number of benzene rings is 1. The van der Waals surface area contributed by atoms with Crippen molar-refractivity contribution in [2.24, 2.45) is 11.8 Å². The van der Waals surface area contributed by atoms with E-state index in [-0.39, 0.29) is 25.0 Å². The van der Waals surface area contributed by atoms with Crippen LogP contribution >= 0.6 is 11.8 Å². The van der Waals surface area contributed by atoms with Crippen molar-refractivity contribution in [3.05, 3.63) is 61.2 Å². The van der Waals surface area contributed by atoms with Crippen LogP contribution in [-0.4, -0.2) is 74.0 Å². The molecular formula is C28H36N2O5S. The van der Waals surface area contributed by atoms with Gasteiger partial charge in [-0.1, -0.05) is 56.0 Å². The number of carbonyl (C=O) groups is 3. The molecule has 1 aromatic carbocycles. The predicted octanol–water partition coefficient (Wildman–Crippen LogP) is 3.18. The van der Waals surface area contributed by atoms with Gasteiger partial charge in [0.25, 0.3) is 0 Å². The SMILES string of the molecule is C=CCOC(=O)[C@H]1[C@H]2C(=O)N([C@@H](CC)CO)C(C(=O)N(CC=C)Cc3ccccc3)C23CC[C@]1(C)S3. The Bertz CT molecular complexity index is 1030. The summed E-state index contributed by atoms with van der Waals surface area (Å²) in [6.45, 7) is 11.9. The third-order valence-corrected chi connectivity index (χ3v) is 9.98. The molecule has 1 N–H and O–H groups in total. The van der Waals surface area contributed by atoms with Gasteiger partial charge in [-0.15, -0.1) is 18.3 Å². The van der Waals surface area contributed by atoms with Gasteiger partial charge in [0, 0.05) is 17.8 Å². The fraction of sp³-hybridized carbons (Fsp3) is 0.536. The molecule has 3 saturated heterocycles. The number of nitrogens with zero attached hydrogens (tertiary/aromatic N) is 2. The quantitative estimate of drug-likeness (QED) is 0.362. The zero-order chi connectivity index (χ0) is 26.1. The maximum absolute atomic E-state index is 14.4. The summed E-state index contributed by atoms with van der Waals surface area (Å²) in [5.74, 6) is -2.14. The molecule has 36 heavy (non-hydrogen) atoms. The number of esters is 1. The number of fused-ring (bicyclic) bond motifs is 1. The Kier molecular flexibility index (Phi) is 7.67. The highest BCUT2D eigenvalue weighted by Gasteiger charge is 2.78. The Morgan fingerprint density at radius 2 is 2.00 bits per heavy atom. The van der Waals surface area contributed by atoms with Crippen LogP contribution in [0.1, 0.15) is 38.7 Å². The van der Waals surface area contributed by atoms with Crippen LogP contribution in [0.5, 0.6) is 0 Å². The fourth-order valence-electron chi connectivity index (χ4n) is 6.40. The van der Waals surface area contributed by atoms with Gasteiger partial charge in [-0.2, -0.15) is 0 Å². The lowest BCUT2D eigenvalue weighted by Gasteiger charge is -2.39. The molecule has 2 bridgehead atoms. The summed E-state index contributed by atoms with van der Waals surface area (Å²) < 4.78 is 4.21. The molecule has 1 aromatic rings. The topological polar surface area (TPSA) is 87.1 Å². The molecule has 3 heterocycles. The van der Waals surface area contributed by atoms with E-state index in [0.717, 1.165) is 5.56 Å². The molecule has 194 valence electrons. The molecule has 2 amide bonds. The number of thioether (sulfide) groups is 1. The second-order valence-electron chi connectivity index (χ2n) is 10.1.